The van der Waals surface area contributed by atoms with E-state index in [2.05, 4.69) is 92.8 Å². The molecular weight excluding hydrogens is 410 g/mol. The normalized spacial score (nSPS) is 23.6. The van der Waals surface area contributed by atoms with Crippen LogP contribution in [0, 0.1) is 20.8 Å². The highest BCUT2D eigenvalue weighted by Crippen LogP contribution is 2.51. The lowest BCUT2D eigenvalue weighted by Gasteiger charge is -2.42. The molecule has 0 radical (unpaired) electrons. The molecule has 0 bridgehead atoms. The van der Waals surface area contributed by atoms with Crippen molar-refractivity contribution in [3.63, 3.8) is 0 Å². The minimum atomic E-state index is 0.0317. The summed E-state index contributed by atoms with van der Waals surface area (Å²) in [6.45, 7) is 24.0. The lowest BCUT2D eigenvalue weighted by Crippen LogP contribution is -2.34. The molecule has 2 aromatic rings. The van der Waals surface area contributed by atoms with Crippen LogP contribution in [0.3, 0.4) is 0 Å². The standard InChI is InChI=1S/C33H45N/c1-19-12-11-13-23-22(4)30(21(3)20(2)29(19)23)34-28-18-33(9,10)25-17-27-26(16-24(25)28)31(5,6)14-15-32(27,7)8/h16-19,34H,11-15H2,1-10H3. The predicted molar refractivity (Wildman–Crippen MR) is 148 cm³/mol. The van der Waals surface area contributed by atoms with Crippen molar-refractivity contribution in [3.8, 4) is 0 Å². The molecule has 34 heavy (non-hydrogen) atoms. The molecule has 0 amide bonds. The molecule has 1 unspecified atom stereocenters. The molecule has 1 nitrogen and oxygen atoms in total. The minimum Gasteiger partial charge on any atom is -0.355 e. The van der Waals surface area contributed by atoms with Crippen LogP contribution in [0.2, 0.25) is 0 Å². The second kappa shape index (κ2) is 7.49. The van der Waals surface area contributed by atoms with Crippen LogP contribution in [0.1, 0.15) is 130 Å². The average molecular weight is 456 g/mol. The molecule has 0 aliphatic heterocycles. The first-order valence-corrected chi connectivity index (χ1v) is 13.6. The maximum atomic E-state index is 4.01. The Labute approximate surface area is 208 Å². The number of rotatable bonds is 2. The van der Waals surface area contributed by atoms with Crippen molar-refractivity contribution in [2.24, 2.45) is 0 Å². The Bertz CT molecular complexity index is 1220. The zero-order chi connectivity index (χ0) is 24.8. The van der Waals surface area contributed by atoms with Gasteiger partial charge in [0, 0.05) is 22.4 Å². The molecule has 0 saturated heterocycles. The van der Waals surface area contributed by atoms with Crippen molar-refractivity contribution < 1.29 is 0 Å². The van der Waals surface area contributed by atoms with Crippen LogP contribution in [0.4, 0.5) is 5.69 Å². The zero-order valence-corrected chi connectivity index (χ0v) is 23.3. The summed E-state index contributed by atoms with van der Waals surface area (Å²) >= 11 is 0. The van der Waals surface area contributed by atoms with Gasteiger partial charge < -0.3 is 5.32 Å². The second-order valence-electron chi connectivity index (χ2n) is 13.6. The Morgan fingerprint density at radius 3 is 2.06 bits per heavy atom. The Hall–Kier alpha value is -2.02. The number of nitrogens with one attached hydrogen (secondary N) is 1. The van der Waals surface area contributed by atoms with Crippen molar-refractivity contribution in [1.82, 2.24) is 0 Å². The Morgan fingerprint density at radius 2 is 1.41 bits per heavy atom. The Kier molecular flexibility index (Phi) is 5.22. The van der Waals surface area contributed by atoms with E-state index in [1.807, 2.05) is 0 Å². The van der Waals surface area contributed by atoms with Gasteiger partial charge in [-0.05, 0) is 120 Å². The second-order valence-corrected chi connectivity index (χ2v) is 13.6. The van der Waals surface area contributed by atoms with Gasteiger partial charge in [0.1, 0.15) is 0 Å². The van der Waals surface area contributed by atoms with E-state index in [1.54, 1.807) is 22.3 Å². The number of allylic oxidation sites excluding steroid dienone is 1. The minimum absolute atomic E-state index is 0.0317. The largest absolute Gasteiger partial charge is 0.355 e. The van der Waals surface area contributed by atoms with Crippen LogP contribution >= 0.6 is 0 Å². The molecule has 5 rings (SSSR count). The number of benzene rings is 2. The third-order valence-electron chi connectivity index (χ3n) is 9.79. The van der Waals surface area contributed by atoms with Crippen molar-refractivity contribution in [2.75, 3.05) is 5.32 Å². The first-order valence-electron chi connectivity index (χ1n) is 13.6. The SMILES string of the molecule is Cc1c(C)c2c(c(C)c1NC1=CC(C)(C)c3cc4c(cc31)C(C)(C)CCC4(C)C)CCCC2C. The van der Waals surface area contributed by atoms with Crippen LogP contribution < -0.4 is 5.32 Å². The molecule has 182 valence electrons. The fraction of sp³-hybridized carbons (Fsp3) is 0.576. The van der Waals surface area contributed by atoms with E-state index in [9.17, 15) is 0 Å². The van der Waals surface area contributed by atoms with Crippen LogP contribution in [-0.4, -0.2) is 0 Å². The molecule has 0 heterocycles. The van der Waals surface area contributed by atoms with E-state index in [1.165, 1.54) is 71.3 Å². The molecular formula is C33H45N. The first kappa shape index (κ1) is 23.7. The third-order valence-corrected chi connectivity index (χ3v) is 9.79. The highest BCUT2D eigenvalue weighted by Gasteiger charge is 2.41. The molecule has 3 aliphatic carbocycles. The van der Waals surface area contributed by atoms with Crippen LogP contribution in [0.25, 0.3) is 5.70 Å². The summed E-state index contributed by atoms with van der Waals surface area (Å²) in [5.41, 5.74) is 16.8. The monoisotopic (exact) mass is 455 g/mol. The summed E-state index contributed by atoms with van der Waals surface area (Å²) in [6, 6.07) is 5.12. The molecule has 0 aromatic heterocycles. The van der Waals surface area contributed by atoms with Gasteiger partial charge in [0.2, 0.25) is 0 Å². The molecule has 0 fully saturated rings. The average Bonchev–Trinajstić information content (AvgIpc) is 3.01. The van der Waals surface area contributed by atoms with Gasteiger partial charge >= 0.3 is 0 Å². The van der Waals surface area contributed by atoms with Gasteiger partial charge in [-0.1, -0.05) is 60.6 Å². The maximum absolute atomic E-state index is 4.01. The van der Waals surface area contributed by atoms with Crippen molar-refractivity contribution in [1.29, 1.82) is 0 Å². The Morgan fingerprint density at radius 1 is 0.794 bits per heavy atom. The van der Waals surface area contributed by atoms with Crippen LogP contribution in [0.15, 0.2) is 18.2 Å². The fourth-order valence-corrected chi connectivity index (χ4v) is 7.28. The number of fused-ring (bicyclic) bond motifs is 3. The summed E-state index contributed by atoms with van der Waals surface area (Å²) in [6.07, 6.45) is 8.85. The van der Waals surface area contributed by atoms with Gasteiger partial charge in [-0.25, -0.2) is 0 Å². The Balaban J connectivity index is 1.65. The number of hydrogen-bond acceptors (Lipinski definition) is 1. The third kappa shape index (κ3) is 3.41. The van der Waals surface area contributed by atoms with E-state index in [-0.39, 0.29) is 16.2 Å². The summed E-state index contributed by atoms with van der Waals surface area (Å²) in [7, 11) is 0. The topological polar surface area (TPSA) is 12.0 Å². The molecule has 1 N–H and O–H groups in total. The molecule has 3 aliphatic rings. The van der Waals surface area contributed by atoms with Crippen LogP contribution in [-0.2, 0) is 22.7 Å². The van der Waals surface area contributed by atoms with Crippen molar-refractivity contribution >= 4 is 11.4 Å². The predicted octanol–water partition coefficient (Wildman–Crippen LogP) is 9.14. The molecule has 2 aromatic carbocycles. The number of anilines is 1. The van der Waals surface area contributed by atoms with Gasteiger partial charge in [-0.2, -0.15) is 0 Å². The van der Waals surface area contributed by atoms with E-state index in [0.717, 1.165) is 0 Å². The molecule has 0 saturated carbocycles. The fourth-order valence-electron chi connectivity index (χ4n) is 7.28. The maximum Gasteiger partial charge on any atom is 0.0449 e. The number of hydrogen-bond donors (Lipinski definition) is 1. The lowest BCUT2D eigenvalue weighted by molar-refractivity contribution is 0.331. The zero-order valence-electron chi connectivity index (χ0n) is 23.3. The summed E-state index contributed by atoms with van der Waals surface area (Å²) in [4.78, 5) is 0. The summed E-state index contributed by atoms with van der Waals surface area (Å²) < 4.78 is 0. The highest BCUT2D eigenvalue weighted by atomic mass is 14.9. The van der Waals surface area contributed by atoms with Crippen molar-refractivity contribution in [3.05, 3.63) is 68.3 Å². The van der Waals surface area contributed by atoms with Crippen LogP contribution in [0.5, 0.6) is 0 Å². The van der Waals surface area contributed by atoms with E-state index < -0.39 is 0 Å². The van der Waals surface area contributed by atoms with Gasteiger partial charge in [0.05, 0.1) is 0 Å². The molecule has 0 spiro atoms. The van der Waals surface area contributed by atoms with Gasteiger partial charge in [0.25, 0.3) is 0 Å². The molecule has 1 atom stereocenters. The molecule has 1 heteroatoms. The highest BCUT2D eigenvalue weighted by molar-refractivity contribution is 5.87. The van der Waals surface area contributed by atoms with Gasteiger partial charge in [-0.3, -0.25) is 0 Å². The quantitative estimate of drug-likeness (QED) is 0.476. The van der Waals surface area contributed by atoms with Gasteiger partial charge in [-0.15, -0.1) is 0 Å². The van der Waals surface area contributed by atoms with E-state index in [0.29, 0.717) is 5.92 Å². The smallest absolute Gasteiger partial charge is 0.0449 e. The summed E-state index contributed by atoms with van der Waals surface area (Å²) in [5.74, 6) is 0.678. The van der Waals surface area contributed by atoms with Crippen molar-refractivity contribution in [2.45, 2.75) is 124 Å². The van der Waals surface area contributed by atoms with E-state index in [4.69, 9.17) is 0 Å². The van der Waals surface area contributed by atoms with E-state index >= 15 is 0 Å². The first-order chi connectivity index (χ1) is 15.7. The lowest BCUT2D eigenvalue weighted by atomic mass is 9.62. The van der Waals surface area contributed by atoms with Gasteiger partial charge in [0.15, 0.2) is 0 Å². The summed E-state index contributed by atoms with van der Waals surface area (Å²) in [5, 5.41) is 4.01.